The first kappa shape index (κ1) is 21.5. The van der Waals surface area contributed by atoms with Gasteiger partial charge in [-0.2, -0.15) is 0 Å². The van der Waals surface area contributed by atoms with E-state index in [0.29, 0.717) is 45.1 Å². The summed E-state index contributed by atoms with van der Waals surface area (Å²) in [6.45, 7) is 0.309. The van der Waals surface area contributed by atoms with Crippen LogP contribution in [0.4, 0.5) is 0 Å². The van der Waals surface area contributed by atoms with Gasteiger partial charge in [-0.15, -0.1) is 0 Å². The van der Waals surface area contributed by atoms with E-state index < -0.39 is 17.5 Å². The first-order valence-corrected chi connectivity index (χ1v) is 9.37. The number of hydrogen-bond donors (Lipinski definition) is 2. The van der Waals surface area contributed by atoms with E-state index in [1.807, 2.05) is 0 Å². The molecule has 0 saturated heterocycles. The number of fused-ring (bicyclic) bond motifs is 1. The molecule has 3 rings (SSSR count). The lowest BCUT2D eigenvalue weighted by Crippen LogP contribution is -2.09. The van der Waals surface area contributed by atoms with E-state index in [1.165, 1.54) is 14.2 Å². The molecule has 0 fully saturated rings. The van der Waals surface area contributed by atoms with Crippen LogP contribution in [0, 0.1) is 0 Å². The van der Waals surface area contributed by atoms with Gasteiger partial charge in [0.2, 0.25) is 0 Å². The molecule has 156 valence electrons. The smallest absolute Gasteiger partial charge is 0.376 e. The summed E-state index contributed by atoms with van der Waals surface area (Å²) in [6, 6.07) is 8.46. The lowest BCUT2D eigenvalue weighted by molar-refractivity contribution is -0.146. The molecular formula is C21H17Cl2NO6. The van der Waals surface area contributed by atoms with Gasteiger partial charge in [0, 0.05) is 46.6 Å². The lowest BCUT2D eigenvalue weighted by atomic mass is 10.1. The number of halogens is 2. The van der Waals surface area contributed by atoms with E-state index >= 15 is 0 Å². The number of rotatable bonds is 7. The van der Waals surface area contributed by atoms with Crippen molar-refractivity contribution in [3.8, 4) is 11.5 Å². The Labute approximate surface area is 181 Å². The summed E-state index contributed by atoms with van der Waals surface area (Å²) in [6.07, 6.45) is 2.24. The number of carboxylic acid groups (broad SMARTS) is 1. The maximum absolute atomic E-state index is 11.6. The second-order valence-electron chi connectivity index (χ2n) is 6.33. The summed E-state index contributed by atoms with van der Waals surface area (Å²) in [5, 5.41) is 20.8. The quantitative estimate of drug-likeness (QED) is 0.311. The van der Waals surface area contributed by atoms with E-state index in [4.69, 9.17) is 37.8 Å². The third kappa shape index (κ3) is 4.22. The Morgan fingerprint density at radius 3 is 2.43 bits per heavy atom. The summed E-state index contributed by atoms with van der Waals surface area (Å²) in [5.41, 5.74) is 1.61. The van der Waals surface area contributed by atoms with Crippen LogP contribution in [-0.2, 0) is 16.1 Å². The van der Waals surface area contributed by atoms with Crippen LogP contribution in [0.1, 0.15) is 11.1 Å². The summed E-state index contributed by atoms with van der Waals surface area (Å²) in [5.74, 6) is -2.54. The average molecular weight is 450 g/mol. The first-order chi connectivity index (χ1) is 14.2. The Bertz CT molecular complexity index is 1180. The standard InChI is InChI=1S/C21H17Cl2NO6/c1-29-13-6-16-20(19(7-13)30-2)14(17(25)8-18(26)21(27)28)10-24(16)9-11-3-4-12(22)5-15(11)23/h3-8,10,25H,9H2,1-2H3,(H,27,28). The van der Waals surface area contributed by atoms with E-state index in [2.05, 4.69) is 0 Å². The second-order valence-corrected chi connectivity index (χ2v) is 7.17. The van der Waals surface area contributed by atoms with Gasteiger partial charge in [-0.25, -0.2) is 4.79 Å². The van der Waals surface area contributed by atoms with Gasteiger partial charge in [-0.05, 0) is 17.7 Å². The van der Waals surface area contributed by atoms with Gasteiger partial charge in [0.1, 0.15) is 17.3 Å². The molecule has 7 nitrogen and oxygen atoms in total. The molecule has 9 heteroatoms. The van der Waals surface area contributed by atoms with E-state index in [9.17, 15) is 14.7 Å². The highest BCUT2D eigenvalue weighted by Crippen LogP contribution is 2.38. The summed E-state index contributed by atoms with van der Waals surface area (Å²) < 4.78 is 12.5. The van der Waals surface area contributed by atoms with Crippen molar-refractivity contribution >= 4 is 51.6 Å². The van der Waals surface area contributed by atoms with Gasteiger partial charge in [-0.1, -0.05) is 29.3 Å². The van der Waals surface area contributed by atoms with Gasteiger partial charge < -0.3 is 24.3 Å². The molecule has 1 aromatic heterocycles. The molecule has 2 N–H and O–H groups in total. The summed E-state index contributed by atoms with van der Waals surface area (Å²) in [4.78, 5) is 22.4. The maximum Gasteiger partial charge on any atom is 0.376 e. The highest BCUT2D eigenvalue weighted by atomic mass is 35.5. The minimum Gasteiger partial charge on any atom is -0.507 e. The number of carboxylic acids is 1. The molecular weight excluding hydrogens is 433 g/mol. The van der Waals surface area contributed by atoms with Crippen molar-refractivity contribution in [1.82, 2.24) is 4.57 Å². The van der Waals surface area contributed by atoms with Crippen molar-refractivity contribution in [3.63, 3.8) is 0 Å². The minimum atomic E-state index is -1.67. The molecule has 0 aliphatic heterocycles. The Morgan fingerprint density at radius 2 is 1.83 bits per heavy atom. The third-order valence-electron chi connectivity index (χ3n) is 4.48. The van der Waals surface area contributed by atoms with Gasteiger partial charge >= 0.3 is 5.97 Å². The van der Waals surface area contributed by atoms with Gasteiger partial charge in [0.25, 0.3) is 5.78 Å². The molecule has 0 radical (unpaired) electrons. The van der Waals surface area contributed by atoms with Crippen LogP contribution in [0.25, 0.3) is 16.7 Å². The van der Waals surface area contributed by atoms with Crippen molar-refractivity contribution in [2.24, 2.45) is 0 Å². The first-order valence-electron chi connectivity index (χ1n) is 8.62. The number of benzene rings is 2. The molecule has 0 aliphatic carbocycles. The molecule has 0 atom stereocenters. The number of aliphatic carboxylic acids is 1. The molecule has 0 bridgehead atoms. The fourth-order valence-corrected chi connectivity index (χ4v) is 3.53. The Hall–Kier alpha value is -3.16. The van der Waals surface area contributed by atoms with Crippen LogP contribution in [-0.4, -0.2) is 40.8 Å². The van der Waals surface area contributed by atoms with Crippen LogP contribution in [0.2, 0.25) is 10.0 Å². The summed E-state index contributed by atoms with van der Waals surface area (Å²) in [7, 11) is 2.96. The van der Waals surface area contributed by atoms with Crippen LogP contribution in [0.3, 0.4) is 0 Å². The van der Waals surface area contributed by atoms with Crippen LogP contribution >= 0.6 is 23.2 Å². The largest absolute Gasteiger partial charge is 0.507 e. The van der Waals surface area contributed by atoms with E-state index in [-0.39, 0.29) is 5.56 Å². The Balaban J connectivity index is 2.24. The van der Waals surface area contributed by atoms with Crippen molar-refractivity contribution in [3.05, 3.63) is 63.8 Å². The number of aliphatic hydroxyl groups is 1. The summed E-state index contributed by atoms with van der Waals surface area (Å²) >= 11 is 12.3. The number of ether oxygens (including phenoxy) is 2. The van der Waals surface area contributed by atoms with Crippen molar-refractivity contribution in [2.45, 2.75) is 6.54 Å². The molecule has 0 saturated carbocycles. The number of hydrogen-bond acceptors (Lipinski definition) is 5. The maximum atomic E-state index is 11.6. The third-order valence-corrected chi connectivity index (χ3v) is 5.07. The molecule has 0 unspecified atom stereocenters. The number of aromatic nitrogens is 1. The SMILES string of the molecule is COc1cc(OC)c2c(C(O)=CC(=O)C(=O)O)cn(Cc3ccc(Cl)cc3Cl)c2c1. The van der Waals surface area contributed by atoms with E-state index in [0.717, 1.165) is 5.56 Å². The van der Waals surface area contributed by atoms with Crippen molar-refractivity contribution < 1.29 is 29.3 Å². The monoisotopic (exact) mass is 449 g/mol. The average Bonchev–Trinajstić information content (AvgIpc) is 3.07. The highest BCUT2D eigenvalue weighted by molar-refractivity contribution is 6.38. The number of methoxy groups -OCH3 is 2. The molecule has 30 heavy (non-hydrogen) atoms. The highest BCUT2D eigenvalue weighted by Gasteiger charge is 2.20. The van der Waals surface area contributed by atoms with Gasteiger partial charge in [0.15, 0.2) is 0 Å². The van der Waals surface area contributed by atoms with Gasteiger partial charge in [-0.3, -0.25) is 4.79 Å². The molecule has 3 aromatic rings. The molecule has 2 aromatic carbocycles. The number of ketones is 1. The zero-order valence-electron chi connectivity index (χ0n) is 16.0. The Kier molecular flexibility index (Phi) is 6.24. The topological polar surface area (TPSA) is 98.0 Å². The van der Waals surface area contributed by atoms with Crippen LogP contribution in [0.15, 0.2) is 42.6 Å². The van der Waals surface area contributed by atoms with Crippen LogP contribution in [0.5, 0.6) is 11.5 Å². The second kappa shape index (κ2) is 8.69. The predicted molar refractivity (Wildman–Crippen MR) is 114 cm³/mol. The number of aliphatic hydroxyl groups excluding tert-OH is 1. The Morgan fingerprint density at radius 1 is 1.10 bits per heavy atom. The van der Waals surface area contributed by atoms with Crippen molar-refractivity contribution in [2.75, 3.05) is 14.2 Å². The fraction of sp³-hybridized carbons (Fsp3) is 0.143. The number of carbonyl (C=O) groups excluding carboxylic acids is 1. The normalized spacial score (nSPS) is 11.5. The van der Waals surface area contributed by atoms with Gasteiger partial charge in [0.05, 0.1) is 25.1 Å². The number of carbonyl (C=O) groups is 2. The zero-order chi connectivity index (χ0) is 22.0. The zero-order valence-corrected chi connectivity index (χ0v) is 17.5. The van der Waals surface area contributed by atoms with Crippen LogP contribution < -0.4 is 9.47 Å². The molecule has 0 amide bonds. The molecule has 0 spiro atoms. The molecule has 0 aliphatic rings. The fourth-order valence-electron chi connectivity index (χ4n) is 3.06. The minimum absolute atomic E-state index is 0.226. The van der Waals surface area contributed by atoms with E-state index in [1.54, 1.807) is 41.1 Å². The number of nitrogens with zero attached hydrogens (tertiary/aromatic N) is 1. The molecule has 1 heterocycles. The van der Waals surface area contributed by atoms with Crippen molar-refractivity contribution in [1.29, 1.82) is 0 Å². The predicted octanol–water partition coefficient (Wildman–Crippen LogP) is 4.57. The lowest BCUT2D eigenvalue weighted by Gasteiger charge is -2.11.